The average molecular weight is 296 g/mol. The smallest absolute Gasteiger partial charge is 0.230 e. The van der Waals surface area contributed by atoms with Crippen molar-refractivity contribution in [3.05, 3.63) is 60.3 Å². The van der Waals surface area contributed by atoms with E-state index in [-0.39, 0.29) is 5.88 Å². The van der Waals surface area contributed by atoms with Crippen LogP contribution in [0.3, 0.4) is 0 Å². The molecule has 22 heavy (non-hydrogen) atoms. The van der Waals surface area contributed by atoms with Gasteiger partial charge in [0.25, 0.3) is 0 Å². The lowest BCUT2D eigenvalue weighted by atomic mass is 10.1. The molecule has 0 spiro atoms. The largest absolute Gasteiger partial charge is 0.492 e. The van der Waals surface area contributed by atoms with Gasteiger partial charge in [0.2, 0.25) is 5.88 Å². The summed E-state index contributed by atoms with van der Waals surface area (Å²) in [7, 11) is 1.60. The van der Waals surface area contributed by atoms with Crippen LogP contribution in [0.4, 0.5) is 5.88 Å². The second-order valence-electron chi connectivity index (χ2n) is 4.71. The lowest BCUT2D eigenvalue weighted by Crippen LogP contribution is -1.99. The van der Waals surface area contributed by atoms with E-state index in [1.807, 2.05) is 48.5 Å². The zero-order chi connectivity index (χ0) is 15.4. The van der Waals surface area contributed by atoms with E-state index < -0.39 is 0 Å². The van der Waals surface area contributed by atoms with E-state index in [4.69, 9.17) is 19.7 Å². The Morgan fingerprint density at radius 2 is 1.86 bits per heavy atom. The number of methoxy groups -OCH3 is 1. The third kappa shape index (κ3) is 2.74. The Kier molecular flexibility index (Phi) is 3.96. The summed E-state index contributed by atoms with van der Waals surface area (Å²) < 4.78 is 16.3. The molecule has 0 aliphatic carbocycles. The summed E-state index contributed by atoms with van der Waals surface area (Å²) in [4.78, 5) is 0. The molecule has 0 saturated carbocycles. The minimum atomic E-state index is 0.249. The van der Waals surface area contributed by atoms with E-state index in [2.05, 4.69) is 5.16 Å². The molecule has 0 aliphatic rings. The Labute approximate surface area is 128 Å². The first-order valence-corrected chi connectivity index (χ1v) is 6.84. The van der Waals surface area contributed by atoms with Crippen molar-refractivity contribution in [1.82, 2.24) is 5.16 Å². The topological polar surface area (TPSA) is 70.5 Å². The standard InChI is InChI=1S/C17H16N2O3/c1-20-16-13(14-10-19-22-17(14)18)8-5-9-15(16)21-11-12-6-3-2-4-7-12/h2-10H,11,18H2,1H3. The van der Waals surface area contributed by atoms with Crippen molar-refractivity contribution in [3.8, 4) is 22.6 Å². The van der Waals surface area contributed by atoms with Gasteiger partial charge < -0.3 is 19.7 Å². The first-order chi connectivity index (χ1) is 10.8. The van der Waals surface area contributed by atoms with Gasteiger partial charge in [0.05, 0.1) is 18.9 Å². The summed E-state index contributed by atoms with van der Waals surface area (Å²) in [5.41, 5.74) is 8.34. The summed E-state index contributed by atoms with van der Waals surface area (Å²) >= 11 is 0. The van der Waals surface area contributed by atoms with Gasteiger partial charge in [-0.15, -0.1) is 0 Å². The number of hydrogen-bond donors (Lipinski definition) is 1. The molecular formula is C17H16N2O3. The maximum Gasteiger partial charge on any atom is 0.230 e. The van der Waals surface area contributed by atoms with Gasteiger partial charge in [-0.2, -0.15) is 0 Å². The Balaban J connectivity index is 1.90. The van der Waals surface area contributed by atoms with E-state index >= 15 is 0 Å². The Morgan fingerprint density at radius 3 is 2.55 bits per heavy atom. The van der Waals surface area contributed by atoms with Crippen LogP contribution in [0.2, 0.25) is 0 Å². The minimum Gasteiger partial charge on any atom is -0.492 e. The lowest BCUT2D eigenvalue weighted by Gasteiger charge is -2.14. The van der Waals surface area contributed by atoms with Crippen LogP contribution in [0.1, 0.15) is 5.56 Å². The van der Waals surface area contributed by atoms with Crippen LogP contribution >= 0.6 is 0 Å². The number of nitrogens with two attached hydrogens (primary N) is 1. The summed E-state index contributed by atoms with van der Waals surface area (Å²) in [5.74, 6) is 1.50. The molecule has 2 aromatic carbocycles. The van der Waals surface area contributed by atoms with Gasteiger partial charge in [0.15, 0.2) is 11.5 Å². The number of nitrogens with zero attached hydrogens (tertiary/aromatic N) is 1. The van der Waals surface area contributed by atoms with E-state index in [0.717, 1.165) is 11.1 Å². The van der Waals surface area contributed by atoms with Gasteiger partial charge in [-0.05, 0) is 11.6 Å². The molecule has 0 saturated heterocycles. The van der Waals surface area contributed by atoms with Crippen molar-refractivity contribution in [3.63, 3.8) is 0 Å². The Hall–Kier alpha value is -2.95. The first-order valence-electron chi connectivity index (χ1n) is 6.84. The molecule has 0 aliphatic heterocycles. The van der Waals surface area contributed by atoms with Gasteiger partial charge in [-0.3, -0.25) is 0 Å². The summed E-state index contributed by atoms with van der Waals surface area (Å²) in [6.07, 6.45) is 1.56. The van der Waals surface area contributed by atoms with Crippen molar-refractivity contribution in [2.24, 2.45) is 0 Å². The SMILES string of the molecule is COc1c(OCc2ccccc2)cccc1-c1cnoc1N. The minimum absolute atomic E-state index is 0.249. The van der Waals surface area contributed by atoms with Crippen LogP contribution in [0.5, 0.6) is 11.5 Å². The molecule has 0 unspecified atom stereocenters. The van der Waals surface area contributed by atoms with Crippen molar-refractivity contribution in [1.29, 1.82) is 0 Å². The predicted octanol–water partition coefficient (Wildman–Crippen LogP) is 3.51. The van der Waals surface area contributed by atoms with Gasteiger partial charge in [-0.25, -0.2) is 0 Å². The van der Waals surface area contributed by atoms with Crippen LogP contribution in [0.25, 0.3) is 11.1 Å². The molecule has 0 bridgehead atoms. The molecule has 1 aromatic heterocycles. The maximum atomic E-state index is 5.88. The maximum absolute atomic E-state index is 5.88. The molecule has 0 amide bonds. The van der Waals surface area contributed by atoms with Gasteiger partial charge >= 0.3 is 0 Å². The number of rotatable bonds is 5. The molecule has 3 rings (SSSR count). The highest BCUT2D eigenvalue weighted by Crippen LogP contribution is 2.40. The molecule has 1 heterocycles. The third-order valence-corrected chi connectivity index (χ3v) is 3.31. The molecular weight excluding hydrogens is 280 g/mol. The normalized spacial score (nSPS) is 10.4. The molecule has 0 fully saturated rings. The summed E-state index contributed by atoms with van der Waals surface area (Å²) in [6.45, 7) is 0.458. The van der Waals surface area contributed by atoms with E-state index in [0.29, 0.717) is 23.7 Å². The van der Waals surface area contributed by atoms with Crippen LogP contribution < -0.4 is 15.2 Å². The number of ether oxygens (including phenoxy) is 2. The van der Waals surface area contributed by atoms with Gasteiger partial charge in [0, 0.05) is 5.56 Å². The average Bonchev–Trinajstić information content (AvgIpc) is 2.99. The Bertz CT molecular complexity index is 754. The number of hydrogen-bond acceptors (Lipinski definition) is 5. The number of anilines is 1. The fraction of sp³-hybridized carbons (Fsp3) is 0.118. The quantitative estimate of drug-likeness (QED) is 0.780. The van der Waals surface area contributed by atoms with E-state index in [1.165, 1.54) is 0 Å². The van der Waals surface area contributed by atoms with Crippen molar-refractivity contribution in [2.45, 2.75) is 6.61 Å². The summed E-state index contributed by atoms with van der Waals surface area (Å²) in [6, 6.07) is 15.6. The van der Waals surface area contributed by atoms with E-state index in [1.54, 1.807) is 13.3 Å². The first kappa shape index (κ1) is 14.0. The summed E-state index contributed by atoms with van der Waals surface area (Å²) in [5, 5.41) is 3.70. The molecule has 5 heteroatoms. The van der Waals surface area contributed by atoms with Crippen molar-refractivity contribution < 1.29 is 14.0 Å². The fourth-order valence-corrected chi connectivity index (χ4v) is 2.24. The highest BCUT2D eigenvalue weighted by atomic mass is 16.5. The van der Waals surface area contributed by atoms with Gasteiger partial charge in [-0.1, -0.05) is 47.6 Å². The number of aromatic nitrogens is 1. The zero-order valence-electron chi connectivity index (χ0n) is 12.2. The molecule has 2 N–H and O–H groups in total. The number of nitrogen functional groups attached to an aromatic ring is 1. The molecule has 5 nitrogen and oxygen atoms in total. The van der Waals surface area contributed by atoms with Crippen LogP contribution in [0.15, 0.2) is 59.3 Å². The monoisotopic (exact) mass is 296 g/mol. The van der Waals surface area contributed by atoms with Crippen LogP contribution in [-0.4, -0.2) is 12.3 Å². The molecule has 0 radical (unpaired) electrons. The van der Waals surface area contributed by atoms with Gasteiger partial charge in [0.1, 0.15) is 6.61 Å². The molecule has 0 atom stereocenters. The van der Waals surface area contributed by atoms with Crippen molar-refractivity contribution in [2.75, 3.05) is 12.8 Å². The van der Waals surface area contributed by atoms with Crippen molar-refractivity contribution >= 4 is 5.88 Å². The predicted molar refractivity (Wildman–Crippen MR) is 83.7 cm³/mol. The zero-order valence-corrected chi connectivity index (χ0v) is 12.2. The van der Waals surface area contributed by atoms with E-state index in [9.17, 15) is 0 Å². The number of para-hydroxylation sites is 1. The molecule has 112 valence electrons. The highest BCUT2D eigenvalue weighted by molar-refractivity contribution is 5.79. The second kappa shape index (κ2) is 6.22. The van der Waals surface area contributed by atoms with Crippen LogP contribution in [0, 0.1) is 0 Å². The highest BCUT2D eigenvalue weighted by Gasteiger charge is 2.16. The lowest BCUT2D eigenvalue weighted by molar-refractivity contribution is 0.285. The third-order valence-electron chi connectivity index (χ3n) is 3.31. The molecule has 3 aromatic rings. The second-order valence-corrected chi connectivity index (χ2v) is 4.71. The Morgan fingerprint density at radius 1 is 1.05 bits per heavy atom. The number of benzene rings is 2. The van der Waals surface area contributed by atoms with Crippen LogP contribution in [-0.2, 0) is 6.61 Å². The fourth-order valence-electron chi connectivity index (χ4n) is 2.24.